The second-order valence-corrected chi connectivity index (χ2v) is 4.47. The normalized spacial score (nSPS) is 12.0. The Balaban J connectivity index is 2.45. The van der Waals surface area contributed by atoms with E-state index in [0.29, 0.717) is 21.5 Å². The topological polar surface area (TPSA) is 58.0 Å². The second kappa shape index (κ2) is 4.41. The summed E-state index contributed by atoms with van der Waals surface area (Å²) in [7, 11) is 0. The number of rotatable bonds is 1. The number of phenols is 1. The van der Waals surface area contributed by atoms with Crippen molar-refractivity contribution in [2.24, 2.45) is 0 Å². The molecule has 2 aromatic carbocycles. The molecule has 0 amide bonds. The molecule has 0 atom stereocenters. The van der Waals surface area contributed by atoms with Gasteiger partial charge in [-0.15, -0.1) is 0 Å². The van der Waals surface area contributed by atoms with Gasteiger partial charge in [-0.2, -0.15) is 13.2 Å². The Morgan fingerprint density at radius 3 is 2.52 bits per heavy atom. The van der Waals surface area contributed by atoms with Crippen LogP contribution in [-0.4, -0.2) is 14.7 Å². The van der Waals surface area contributed by atoms with E-state index in [-0.39, 0.29) is 5.69 Å². The highest BCUT2D eigenvalue weighted by molar-refractivity contribution is 5.92. The van der Waals surface area contributed by atoms with E-state index >= 15 is 0 Å². The van der Waals surface area contributed by atoms with Gasteiger partial charge in [0.05, 0.1) is 0 Å². The van der Waals surface area contributed by atoms with Gasteiger partial charge in [0.15, 0.2) is 0 Å². The third-order valence-electron chi connectivity index (χ3n) is 3.17. The summed E-state index contributed by atoms with van der Waals surface area (Å²) in [6.07, 6.45) is -4.13. The lowest BCUT2D eigenvalue weighted by molar-refractivity contribution is -0.142. The van der Waals surface area contributed by atoms with E-state index in [1.165, 1.54) is 6.07 Å². The minimum absolute atomic E-state index is 0.188. The van der Waals surface area contributed by atoms with Gasteiger partial charge in [0.1, 0.15) is 17.1 Å². The Hall–Kier alpha value is -2.70. The van der Waals surface area contributed by atoms with Gasteiger partial charge in [0, 0.05) is 11.6 Å². The highest BCUT2D eigenvalue weighted by atomic mass is 19.4. The van der Waals surface area contributed by atoms with Crippen molar-refractivity contribution in [2.45, 2.75) is 6.18 Å². The molecule has 0 saturated carbocycles. The molecule has 0 saturated heterocycles. The van der Waals surface area contributed by atoms with Crippen LogP contribution in [-0.2, 0) is 6.18 Å². The standard InChI is InChI=1S/C14H9F3N2O2/c15-14(16,17)11-7-18-13(21)19(11)12-9-4-2-1-3-8(9)5-6-10(12)20/h1-7,20H,(H,18,21). The van der Waals surface area contributed by atoms with Crippen LogP contribution < -0.4 is 5.69 Å². The zero-order chi connectivity index (χ0) is 15.2. The highest BCUT2D eigenvalue weighted by Crippen LogP contribution is 2.35. The minimum atomic E-state index is -4.72. The number of aromatic nitrogens is 2. The molecule has 0 bridgehead atoms. The second-order valence-electron chi connectivity index (χ2n) is 4.47. The summed E-state index contributed by atoms with van der Waals surface area (Å²) in [5.41, 5.74) is -2.32. The fourth-order valence-electron chi connectivity index (χ4n) is 2.28. The average molecular weight is 294 g/mol. The number of hydrogen-bond donors (Lipinski definition) is 2. The zero-order valence-electron chi connectivity index (χ0n) is 10.5. The van der Waals surface area contributed by atoms with Crippen LogP contribution in [0.15, 0.2) is 47.4 Å². The third-order valence-corrected chi connectivity index (χ3v) is 3.17. The van der Waals surface area contributed by atoms with Crippen LogP contribution in [0.2, 0.25) is 0 Å². The van der Waals surface area contributed by atoms with Crippen molar-refractivity contribution < 1.29 is 18.3 Å². The number of nitrogens with zero attached hydrogens (tertiary/aromatic N) is 1. The van der Waals surface area contributed by atoms with Gasteiger partial charge >= 0.3 is 11.9 Å². The number of benzene rings is 2. The first-order chi connectivity index (χ1) is 9.89. The maximum Gasteiger partial charge on any atom is 0.433 e. The third kappa shape index (κ3) is 2.06. The molecule has 0 fully saturated rings. The van der Waals surface area contributed by atoms with Crippen molar-refractivity contribution in [3.8, 4) is 11.4 Å². The maximum absolute atomic E-state index is 13.0. The molecule has 1 heterocycles. The summed E-state index contributed by atoms with van der Waals surface area (Å²) in [4.78, 5) is 13.8. The van der Waals surface area contributed by atoms with Crippen LogP contribution in [0.25, 0.3) is 16.5 Å². The summed E-state index contributed by atoms with van der Waals surface area (Å²) in [6, 6.07) is 9.40. The van der Waals surface area contributed by atoms with Crippen molar-refractivity contribution in [2.75, 3.05) is 0 Å². The van der Waals surface area contributed by atoms with Crippen LogP contribution in [0.3, 0.4) is 0 Å². The van der Waals surface area contributed by atoms with Crippen LogP contribution >= 0.6 is 0 Å². The van der Waals surface area contributed by atoms with Crippen LogP contribution in [0.5, 0.6) is 5.75 Å². The van der Waals surface area contributed by atoms with Gasteiger partial charge in [-0.25, -0.2) is 4.79 Å². The molecule has 0 aliphatic carbocycles. The highest BCUT2D eigenvalue weighted by Gasteiger charge is 2.36. The molecule has 1 aromatic heterocycles. The Kier molecular flexibility index (Phi) is 2.79. The number of H-pyrrole nitrogens is 1. The Morgan fingerprint density at radius 1 is 1.10 bits per heavy atom. The Morgan fingerprint density at radius 2 is 1.81 bits per heavy atom. The number of alkyl halides is 3. The number of aromatic hydroxyl groups is 1. The van der Waals surface area contributed by atoms with Gasteiger partial charge in [-0.05, 0) is 11.5 Å². The predicted octanol–water partition coefficient (Wildman–Crippen LogP) is 3.04. The molecule has 3 rings (SSSR count). The summed E-state index contributed by atoms with van der Waals surface area (Å²) in [5.74, 6) is -0.402. The zero-order valence-corrected chi connectivity index (χ0v) is 10.5. The van der Waals surface area contributed by atoms with E-state index in [1.807, 2.05) is 4.98 Å². The molecule has 0 spiro atoms. The first kappa shape index (κ1) is 13.3. The van der Waals surface area contributed by atoms with Gasteiger partial charge in [-0.1, -0.05) is 30.3 Å². The molecule has 21 heavy (non-hydrogen) atoms. The van der Waals surface area contributed by atoms with Crippen molar-refractivity contribution in [1.29, 1.82) is 0 Å². The number of halogens is 3. The predicted molar refractivity (Wildman–Crippen MR) is 70.6 cm³/mol. The fraction of sp³-hybridized carbons (Fsp3) is 0.0714. The Bertz CT molecular complexity index is 878. The number of imidazole rings is 1. The first-order valence-corrected chi connectivity index (χ1v) is 5.98. The van der Waals surface area contributed by atoms with Crippen molar-refractivity contribution in [1.82, 2.24) is 9.55 Å². The van der Waals surface area contributed by atoms with E-state index < -0.39 is 23.3 Å². The largest absolute Gasteiger partial charge is 0.506 e. The van der Waals surface area contributed by atoms with E-state index in [4.69, 9.17) is 0 Å². The lowest BCUT2D eigenvalue weighted by Gasteiger charge is -2.13. The quantitative estimate of drug-likeness (QED) is 0.724. The minimum Gasteiger partial charge on any atom is -0.506 e. The average Bonchev–Trinajstić information content (AvgIpc) is 2.80. The molecule has 7 heteroatoms. The summed E-state index contributed by atoms with van der Waals surface area (Å²) in [5, 5.41) is 10.9. The van der Waals surface area contributed by atoms with Crippen molar-refractivity contribution in [3.05, 3.63) is 58.8 Å². The van der Waals surface area contributed by atoms with E-state index in [1.54, 1.807) is 30.3 Å². The van der Waals surface area contributed by atoms with Gasteiger partial charge in [0.2, 0.25) is 0 Å². The van der Waals surface area contributed by atoms with Crippen LogP contribution in [0.4, 0.5) is 13.2 Å². The molecular formula is C14H9F3N2O2. The number of aromatic amines is 1. The molecule has 0 radical (unpaired) electrons. The molecule has 0 aliphatic rings. The van der Waals surface area contributed by atoms with E-state index in [9.17, 15) is 23.1 Å². The lowest BCUT2D eigenvalue weighted by Crippen LogP contribution is -2.21. The fourth-order valence-corrected chi connectivity index (χ4v) is 2.28. The Labute approximate surface area is 116 Å². The molecule has 3 aromatic rings. The molecule has 4 nitrogen and oxygen atoms in total. The summed E-state index contributed by atoms with van der Waals surface area (Å²) < 4.78 is 39.5. The first-order valence-electron chi connectivity index (χ1n) is 5.98. The number of hydrogen-bond acceptors (Lipinski definition) is 2. The SMILES string of the molecule is O=c1[nH]cc(C(F)(F)F)n1-c1c(O)ccc2ccccc12. The van der Waals surface area contributed by atoms with Gasteiger partial charge in [0.25, 0.3) is 0 Å². The number of fused-ring (bicyclic) bond motifs is 1. The maximum atomic E-state index is 13.0. The summed E-state index contributed by atoms with van der Waals surface area (Å²) in [6.45, 7) is 0. The van der Waals surface area contributed by atoms with Crippen LogP contribution in [0.1, 0.15) is 5.69 Å². The van der Waals surface area contributed by atoms with E-state index in [0.717, 1.165) is 0 Å². The smallest absolute Gasteiger partial charge is 0.433 e. The van der Waals surface area contributed by atoms with Gasteiger partial charge < -0.3 is 10.1 Å². The monoisotopic (exact) mass is 294 g/mol. The van der Waals surface area contributed by atoms with E-state index in [2.05, 4.69) is 0 Å². The van der Waals surface area contributed by atoms with Crippen molar-refractivity contribution >= 4 is 10.8 Å². The number of phenolic OH excluding ortho intramolecular Hbond substituents is 1. The lowest BCUT2D eigenvalue weighted by atomic mass is 10.1. The summed E-state index contributed by atoms with van der Waals surface area (Å²) >= 11 is 0. The molecule has 0 unspecified atom stereocenters. The molecular weight excluding hydrogens is 285 g/mol. The van der Waals surface area contributed by atoms with Crippen molar-refractivity contribution in [3.63, 3.8) is 0 Å². The van der Waals surface area contributed by atoms with Gasteiger partial charge in [-0.3, -0.25) is 4.57 Å². The molecule has 2 N–H and O–H groups in total. The van der Waals surface area contributed by atoms with Crippen LogP contribution in [0, 0.1) is 0 Å². The molecule has 0 aliphatic heterocycles. The number of nitrogens with one attached hydrogen (secondary N) is 1. The molecule has 108 valence electrons.